The van der Waals surface area contributed by atoms with Crippen LogP contribution in [0.1, 0.15) is 13.3 Å². The SMILES string of the molecule is CC(=O)CC(=O)Nc1ccccc1S(=O)(=O)Cl. The molecule has 1 amide bonds. The highest BCUT2D eigenvalue weighted by molar-refractivity contribution is 8.13. The van der Waals surface area contributed by atoms with Crippen molar-refractivity contribution in [1.29, 1.82) is 0 Å². The van der Waals surface area contributed by atoms with E-state index in [1.54, 1.807) is 6.07 Å². The van der Waals surface area contributed by atoms with Gasteiger partial charge in [0.05, 0.1) is 12.1 Å². The summed E-state index contributed by atoms with van der Waals surface area (Å²) in [6.45, 7) is 1.27. The van der Waals surface area contributed by atoms with E-state index in [2.05, 4.69) is 5.32 Å². The number of carbonyl (C=O) groups excluding carboxylic acids is 2. The van der Waals surface area contributed by atoms with E-state index in [0.717, 1.165) is 0 Å². The maximum Gasteiger partial charge on any atom is 0.263 e. The number of anilines is 1. The molecule has 0 fully saturated rings. The average molecular weight is 276 g/mol. The summed E-state index contributed by atoms with van der Waals surface area (Å²) in [5.41, 5.74) is 0.0637. The summed E-state index contributed by atoms with van der Waals surface area (Å²) >= 11 is 0. The molecule has 1 aromatic rings. The zero-order valence-electron chi connectivity index (χ0n) is 8.94. The van der Waals surface area contributed by atoms with Crippen LogP contribution in [0.2, 0.25) is 0 Å². The normalized spacial score (nSPS) is 10.9. The Labute approximate surface area is 103 Å². The van der Waals surface area contributed by atoms with Crippen molar-refractivity contribution in [3.05, 3.63) is 24.3 Å². The molecule has 1 rings (SSSR count). The molecule has 0 aliphatic heterocycles. The van der Waals surface area contributed by atoms with Gasteiger partial charge in [-0.2, -0.15) is 0 Å². The summed E-state index contributed by atoms with van der Waals surface area (Å²) in [5, 5.41) is 2.33. The van der Waals surface area contributed by atoms with Crippen molar-refractivity contribution in [2.45, 2.75) is 18.2 Å². The number of amides is 1. The van der Waals surface area contributed by atoms with E-state index < -0.39 is 15.0 Å². The van der Waals surface area contributed by atoms with Gasteiger partial charge in [0, 0.05) is 10.7 Å². The summed E-state index contributed by atoms with van der Waals surface area (Å²) in [7, 11) is 1.27. The van der Waals surface area contributed by atoms with Crippen LogP contribution in [0.3, 0.4) is 0 Å². The van der Waals surface area contributed by atoms with Crippen LogP contribution in [-0.2, 0) is 18.6 Å². The monoisotopic (exact) mass is 275 g/mol. The van der Waals surface area contributed by atoms with Gasteiger partial charge in [-0.3, -0.25) is 9.59 Å². The van der Waals surface area contributed by atoms with Crippen molar-refractivity contribution >= 4 is 37.1 Å². The van der Waals surface area contributed by atoms with E-state index in [4.69, 9.17) is 10.7 Å². The third-order valence-corrected chi connectivity index (χ3v) is 3.21. The highest BCUT2D eigenvalue weighted by atomic mass is 35.7. The molecule has 5 nitrogen and oxygen atoms in total. The molecule has 0 aliphatic rings. The van der Waals surface area contributed by atoms with Crippen LogP contribution >= 0.6 is 10.7 Å². The van der Waals surface area contributed by atoms with Crippen LogP contribution in [0, 0.1) is 0 Å². The fourth-order valence-electron chi connectivity index (χ4n) is 1.20. The number of benzene rings is 1. The van der Waals surface area contributed by atoms with Gasteiger partial charge in [0.25, 0.3) is 9.05 Å². The lowest BCUT2D eigenvalue weighted by Crippen LogP contribution is -2.16. The first-order chi connectivity index (χ1) is 7.80. The maximum absolute atomic E-state index is 11.3. The molecule has 0 aromatic heterocycles. The Morgan fingerprint density at radius 1 is 1.29 bits per heavy atom. The van der Waals surface area contributed by atoms with Gasteiger partial charge in [0.1, 0.15) is 10.7 Å². The second kappa shape index (κ2) is 5.29. The topological polar surface area (TPSA) is 80.3 Å². The van der Waals surface area contributed by atoms with Crippen molar-refractivity contribution in [2.24, 2.45) is 0 Å². The maximum atomic E-state index is 11.3. The number of hydrogen-bond acceptors (Lipinski definition) is 4. The summed E-state index contributed by atoms with van der Waals surface area (Å²) in [6, 6.07) is 5.70. The van der Waals surface area contributed by atoms with Gasteiger partial charge in [-0.15, -0.1) is 0 Å². The van der Waals surface area contributed by atoms with Crippen LogP contribution in [0.15, 0.2) is 29.2 Å². The first kappa shape index (κ1) is 13.7. The van der Waals surface area contributed by atoms with Crippen molar-refractivity contribution in [3.8, 4) is 0 Å². The standard InChI is InChI=1S/C10H10ClNO4S/c1-7(13)6-10(14)12-8-4-2-3-5-9(8)17(11,15)16/h2-5H,6H2,1H3,(H,12,14). The Hall–Kier alpha value is -1.40. The Morgan fingerprint density at radius 3 is 2.41 bits per heavy atom. The molecular formula is C10H10ClNO4S. The Bertz CT molecular complexity index is 553. The minimum Gasteiger partial charge on any atom is -0.324 e. The summed E-state index contributed by atoms with van der Waals surface area (Å²) in [6.07, 6.45) is -0.309. The molecule has 0 saturated carbocycles. The van der Waals surface area contributed by atoms with E-state index in [1.807, 2.05) is 0 Å². The summed E-state index contributed by atoms with van der Waals surface area (Å²) < 4.78 is 22.4. The third kappa shape index (κ3) is 4.16. The van der Waals surface area contributed by atoms with Gasteiger partial charge in [-0.1, -0.05) is 12.1 Å². The van der Waals surface area contributed by atoms with Crippen molar-refractivity contribution in [2.75, 3.05) is 5.32 Å². The average Bonchev–Trinajstić information content (AvgIpc) is 2.15. The predicted molar refractivity (Wildman–Crippen MR) is 63.4 cm³/mol. The first-order valence-corrected chi connectivity index (χ1v) is 6.94. The van der Waals surface area contributed by atoms with Gasteiger partial charge in [-0.25, -0.2) is 8.42 Å². The summed E-state index contributed by atoms with van der Waals surface area (Å²) in [5.74, 6) is -0.890. The molecule has 0 aliphatic carbocycles. The van der Waals surface area contributed by atoms with Gasteiger partial charge >= 0.3 is 0 Å². The van der Waals surface area contributed by atoms with E-state index in [0.29, 0.717) is 0 Å². The summed E-state index contributed by atoms with van der Waals surface area (Å²) in [4.78, 5) is 21.9. The van der Waals surface area contributed by atoms with E-state index in [-0.39, 0.29) is 22.8 Å². The minimum atomic E-state index is -3.93. The third-order valence-electron chi connectivity index (χ3n) is 1.83. The van der Waals surface area contributed by atoms with E-state index in [1.165, 1.54) is 25.1 Å². The molecular weight excluding hydrogens is 266 g/mol. The first-order valence-electron chi connectivity index (χ1n) is 4.63. The fraction of sp³-hybridized carbons (Fsp3) is 0.200. The van der Waals surface area contributed by atoms with Crippen LogP contribution in [0.5, 0.6) is 0 Å². The molecule has 0 saturated heterocycles. The fourth-order valence-corrected chi connectivity index (χ4v) is 2.23. The molecule has 92 valence electrons. The Balaban J connectivity index is 3.00. The van der Waals surface area contributed by atoms with Crippen molar-refractivity contribution < 1.29 is 18.0 Å². The number of para-hydroxylation sites is 1. The Morgan fingerprint density at radius 2 is 1.88 bits per heavy atom. The smallest absolute Gasteiger partial charge is 0.263 e. The second-order valence-corrected chi connectivity index (χ2v) is 5.90. The molecule has 0 spiro atoms. The molecule has 1 aromatic carbocycles. The zero-order chi connectivity index (χ0) is 13.1. The lowest BCUT2D eigenvalue weighted by molar-refractivity contribution is -0.124. The van der Waals surface area contributed by atoms with E-state index >= 15 is 0 Å². The highest BCUT2D eigenvalue weighted by Gasteiger charge is 2.16. The molecule has 0 heterocycles. The van der Waals surface area contributed by atoms with Crippen molar-refractivity contribution in [1.82, 2.24) is 0 Å². The van der Waals surface area contributed by atoms with Gasteiger partial charge in [-0.05, 0) is 19.1 Å². The van der Waals surface area contributed by atoms with Gasteiger partial charge in [0.2, 0.25) is 5.91 Å². The number of halogens is 1. The molecule has 0 bridgehead atoms. The predicted octanol–water partition coefficient (Wildman–Crippen LogP) is 1.53. The van der Waals surface area contributed by atoms with Crippen LogP contribution in [-0.4, -0.2) is 20.1 Å². The molecule has 7 heteroatoms. The molecule has 0 atom stereocenters. The molecule has 0 radical (unpaired) electrons. The minimum absolute atomic E-state index is 0.0637. The molecule has 0 unspecified atom stereocenters. The number of nitrogens with one attached hydrogen (secondary N) is 1. The number of ketones is 1. The lowest BCUT2D eigenvalue weighted by Gasteiger charge is -2.07. The Kier molecular flexibility index (Phi) is 4.25. The number of hydrogen-bond donors (Lipinski definition) is 1. The van der Waals surface area contributed by atoms with Crippen LogP contribution in [0.4, 0.5) is 5.69 Å². The molecule has 17 heavy (non-hydrogen) atoms. The van der Waals surface area contributed by atoms with Crippen LogP contribution in [0.25, 0.3) is 0 Å². The van der Waals surface area contributed by atoms with E-state index in [9.17, 15) is 18.0 Å². The molecule has 1 N–H and O–H groups in total. The quantitative estimate of drug-likeness (QED) is 0.667. The van der Waals surface area contributed by atoms with Gasteiger partial charge < -0.3 is 5.32 Å². The second-order valence-electron chi connectivity index (χ2n) is 3.36. The number of carbonyl (C=O) groups is 2. The van der Waals surface area contributed by atoms with Crippen LogP contribution < -0.4 is 5.32 Å². The lowest BCUT2D eigenvalue weighted by atomic mass is 10.2. The number of Topliss-reactive ketones (excluding diaryl/α,β-unsaturated/α-hetero) is 1. The van der Waals surface area contributed by atoms with Crippen molar-refractivity contribution in [3.63, 3.8) is 0 Å². The zero-order valence-corrected chi connectivity index (χ0v) is 10.5. The van der Waals surface area contributed by atoms with Gasteiger partial charge in [0.15, 0.2) is 0 Å². The highest BCUT2D eigenvalue weighted by Crippen LogP contribution is 2.24. The largest absolute Gasteiger partial charge is 0.324 e. The number of rotatable bonds is 4.